The van der Waals surface area contributed by atoms with Crippen molar-refractivity contribution < 1.29 is 9.18 Å². The molecule has 1 N–H and O–H groups in total. The van der Waals surface area contributed by atoms with E-state index in [1.165, 1.54) is 6.07 Å². The van der Waals surface area contributed by atoms with E-state index >= 15 is 0 Å². The van der Waals surface area contributed by atoms with Gasteiger partial charge in [0.05, 0.1) is 4.47 Å². The molecule has 0 radical (unpaired) electrons. The van der Waals surface area contributed by atoms with Crippen molar-refractivity contribution in [1.82, 2.24) is 9.80 Å². The third-order valence-corrected chi connectivity index (χ3v) is 4.68. The molecule has 1 heterocycles. The van der Waals surface area contributed by atoms with Gasteiger partial charge in [0.1, 0.15) is 5.82 Å². The van der Waals surface area contributed by atoms with Crippen LogP contribution in [-0.4, -0.2) is 42.0 Å². The Morgan fingerprint density at radius 1 is 1.08 bits per heavy atom. The SMILES string of the molecule is O=C(Nc1ccccc1)N1CCN(Cc2ccc(F)c(Br)c2)CC1. The Bertz CT molecular complexity index is 703. The van der Waals surface area contributed by atoms with Crippen LogP contribution in [0.25, 0.3) is 0 Å². The molecule has 0 aliphatic carbocycles. The van der Waals surface area contributed by atoms with Gasteiger partial charge >= 0.3 is 6.03 Å². The molecule has 6 heteroatoms. The van der Waals surface area contributed by atoms with Crippen molar-refractivity contribution in [3.63, 3.8) is 0 Å². The summed E-state index contributed by atoms with van der Waals surface area (Å²) in [6.07, 6.45) is 0. The van der Waals surface area contributed by atoms with Gasteiger partial charge in [-0.25, -0.2) is 9.18 Å². The van der Waals surface area contributed by atoms with Crippen LogP contribution in [0, 0.1) is 5.82 Å². The van der Waals surface area contributed by atoms with Crippen molar-refractivity contribution in [2.75, 3.05) is 31.5 Å². The fourth-order valence-corrected chi connectivity index (χ4v) is 3.16. The standard InChI is InChI=1S/C18H19BrFN3O/c19-16-12-14(6-7-17(16)20)13-22-8-10-23(11-9-22)18(24)21-15-4-2-1-3-5-15/h1-7,12H,8-11,13H2,(H,21,24). The minimum absolute atomic E-state index is 0.0645. The third-order valence-electron chi connectivity index (χ3n) is 4.07. The molecule has 0 saturated carbocycles. The Labute approximate surface area is 149 Å². The number of benzene rings is 2. The van der Waals surface area contributed by atoms with Gasteiger partial charge in [0.25, 0.3) is 0 Å². The highest BCUT2D eigenvalue weighted by molar-refractivity contribution is 9.10. The molecule has 0 bridgehead atoms. The smallest absolute Gasteiger partial charge is 0.321 e. The number of nitrogens with zero attached hydrogens (tertiary/aromatic N) is 2. The van der Waals surface area contributed by atoms with E-state index in [-0.39, 0.29) is 11.8 Å². The van der Waals surface area contributed by atoms with E-state index in [0.29, 0.717) is 17.6 Å². The maximum absolute atomic E-state index is 13.3. The molecule has 2 aromatic carbocycles. The summed E-state index contributed by atoms with van der Waals surface area (Å²) in [6.45, 7) is 3.73. The lowest BCUT2D eigenvalue weighted by atomic mass is 10.2. The van der Waals surface area contributed by atoms with Crippen molar-refractivity contribution in [2.24, 2.45) is 0 Å². The number of piperazine rings is 1. The molecule has 1 fully saturated rings. The summed E-state index contributed by atoms with van der Waals surface area (Å²) in [5, 5.41) is 2.91. The second-order valence-electron chi connectivity index (χ2n) is 5.81. The fourth-order valence-electron chi connectivity index (χ4n) is 2.73. The maximum atomic E-state index is 13.3. The first-order chi connectivity index (χ1) is 11.6. The quantitative estimate of drug-likeness (QED) is 0.859. The molecule has 0 unspecified atom stereocenters. The van der Waals surface area contributed by atoms with Crippen LogP contribution >= 0.6 is 15.9 Å². The second kappa shape index (κ2) is 7.77. The molecule has 1 aliphatic rings. The number of hydrogen-bond donors (Lipinski definition) is 1. The van der Waals surface area contributed by atoms with Crippen LogP contribution in [0.3, 0.4) is 0 Å². The summed E-state index contributed by atoms with van der Waals surface area (Å²) in [5.74, 6) is -0.249. The predicted molar refractivity (Wildman–Crippen MR) is 96.4 cm³/mol. The van der Waals surface area contributed by atoms with Gasteiger partial charge in [-0.05, 0) is 45.8 Å². The molecule has 4 nitrogen and oxygen atoms in total. The molecule has 2 amide bonds. The van der Waals surface area contributed by atoms with Crippen molar-refractivity contribution >= 4 is 27.6 Å². The molecule has 2 aromatic rings. The number of para-hydroxylation sites is 1. The Morgan fingerprint density at radius 3 is 2.46 bits per heavy atom. The second-order valence-corrected chi connectivity index (χ2v) is 6.66. The lowest BCUT2D eigenvalue weighted by Gasteiger charge is -2.34. The largest absolute Gasteiger partial charge is 0.322 e. The number of hydrogen-bond acceptors (Lipinski definition) is 2. The zero-order valence-corrected chi connectivity index (χ0v) is 14.8. The summed E-state index contributed by atoms with van der Waals surface area (Å²) in [4.78, 5) is 16.4. The number of halogens is 2. The lowest BCUT2D eigenvalue weighted by molar-refractivity contribution is 0.143. The van der Waals surface area contributed by atoms with Gasteiger partial charge in [-0.1, -0.05) is 24.3 Å². The monoisotopic (exact) mass is 391 g/mol. The number of rotatable bonds is 3. The highest BCUT2D eigenvalue weighted by atomic mass is 79.9. The Morgan fingerprint density at radius 2 is 1.79 bits per heavy atom. The summed E-state index contributed by atoms with van der Waals surface area (Å²) in [5.41, 5.74) is 1.87. The summed E-state index contributed by atoms with van der Waals surface area (Å²) >= 11 is 3.22. The van der Waals surface area contributed by atoms with Gasteiger partial charge in [0.2, 0.25) is 0 Å². The first-order valence-electron chi connectivity index (χ1n) is 7.89. The minimum atomic E-state index is -0.249. The third kappa shape index (κ3) is 4.33. The van der Waals surface area contributed by atoms with Crippen LogP contribution in [-0.2, 0) is 6.54 Å². The van der Waals surface area contributed by atoms with Crippen molar-refractivity contribution in [2.45, 2.75) is 6.54 Å². The molecule has 1 aliphatic heterocycles. The van der Waals surface area contributed by atoms with Gasteiger partial charge in [-0.3, -0.25) is 4.90 Å². The van der Waals surface area contributed by atoms with E-state index in [4.69, 9.17) is 0 Å². The Kier molecular flexibility index (Phi) is 5.48. The van der Waals surface area contributed by atoms with E-state index in [1.807, 2.05) is 41.3 Å². The highest BCUT2D eigenvalue weighted by Gasteiger charge is 2.21. The van der Waals surface area contributed by atoms with Crippen LogP contribution in [0.15, 0.2) is 53.0 Å². The fraction of sp³-hybridized carbons (Fsp3) is 0.278. The van der Waals surface area contributed by atoms with E-state index < -0.39 is 0 Å². The van der Waals surface area contributed by atoms with E-state index in [2.05, 4.69) is 26.1 Å². The molecule has 0 spiro atoms. The molecule has 3 rings (SSSR count). The van der Waals surface area contributed by atoms with Crippen molar-refractivity contribution in [3.05, 3.63) is 64.4 Å². The van der Waals surface area contributed by atoms with Crippen LogP contribution in [0.2, 0.25) is 0 Å². The Hall–Kier alpha value is -1.92. The highest BCUT2D eigenvalue weighted by Crippen LogP contribution is 2.18. The van der Waals surface area contributed by atoms with E-state index in [1.54, 1.807) is 6.07 Å². The number of nitrogens with one attached hydrogen (secondary N) is 1. The van der Waals surface area contributed by atoms with Gasteiger partial charge in [-0.15, -0.1) is 0 Å². The molecule has 0 aromatic heterocycles. The molecule has 126 valence electrons. The first kappa shape index (κ1) is 16.9. The van der Waals surface area contributed by atoms with Crippen LogP contribution in [0.1, 0.15) is 5.56 Å². The number of anilines is 1. The number of carbonyl (C=O) groups excluding carboxylic acids is 1. The topological polar surface area (TPSA) is 35.6 Å². The maximum Gasteiger partial charge on any atom is 0.321 e. The predicted octanol–water partition coefficient (Wildman–Crippen LogP) is 3.94. The van der Waals surface area contributed by atoms with Crippen LogP contribution in [0.5, 0.6) is 0 Å². The zero-order chi connectivity index (χ0) is 16.9. The van der Waals surface area contributed by atoms with Gasteiger partial charge in [-0.2, -0.15) is 0 Å². The normalized spacial score (nSPS) is 15.3. The summed E-state index contributed by atoms with van der Waals surface area (Å²) in [7, 11) is 0. The van der Waals surface area contributed by atoms with Crippen molar-refractivity contribution in [1.29, 1.82) is 0 Å². The zero-order valence-electron chi connectivity index (χ0n) is 13.2. The number of amides is 2. The van der Waals surface area contributed by atoms with E-state index in [0.717, 1.165) is 30.9 Å². The van der Waals surface area contributed by atoms with Crippen LogP contribution in [0.4, 0.5) is 14.9 Å². The summed E-state index contributed by atoms with van der Waals surface area (Å²) in [6, 6.07) is 14.5. The molecule has 24 heavy (non-hydrogen) atoms. The first-order valence-corrected chi connectivity index (χ1v) is 8.68. The van der Waals surface area contributed by atoms with Gasteiger partial charge in [0, 0.05) is 38.4 Å². The van der Waals surface area contributed by atoms with Crippen molar-refractivity contribution in [3.8, 4) is 0 Å². The Balaban J connectivity index is 1.50. The number of carbonyl (C=O) groups is 1. The van der Waals surface area contributed by atoms with Gasteiger partial charge < -0.3 is 10.2 Å². The minimum Gasteiger partial charge on any atom is -0.322 e. The average molecular weight is 392 g/mol. The summed E-state index contributed by atoms with van der Waals surface area (Å²) < 4.78 is 13.8. The van der Waals surface area contributed by atoms with Gasteiger partial charge in [0.15, 0.2) is 0 Å². The molecular weight excluding hydrogens is 373 g/mol. The van der Waals surface area contributed by atoms with Crippen LogP contribution < -0.4 is 5.32 Å². The average Bonchev–Trinajstić information content (AvgIpc) is 2.60. The molecule has 1 saturated heterocycles. The lowest BCUT2D eigenvalue weighted by Crippen LogP contribution is -2.49. The number of urea groups is 1. The van der Waals surface area contributed by atoms with E-state index in [9.17, 15) is 9.18 Å². The molecule has 0 atom stereocenters. The molecular formula is C18H19BrFN3O.